The Hall–Kier alpha value is -1.36. The summed E-state index contributed by atoms with van der Waals surface area (Å²) in [4.78, 5) is 14.0. The van der Waals surface area contributed by atoms with Gasteiger partial charge in [-0.15, -0.1) is 0 Å². The number of nitrogens with one attached hydrogen (secondary N) is 1. The van der Waals surface area contributed by atoms with E-state index in [-0.39, 0.29) is 17.9 Å². The van der Waals surface area contributed by atoms with Gasteiger partial charge >= 0.3 is 0 Å². The van der Waals surface area contributed by atoms with Crippen molar-refractivity contribution in [3.8, 4) is 0 Å². The Balaban J connectivity index is 1.94. The van der Waals surface area contributed by atoms with Crippen LogP contribution >= 0.6 is 0 Å². The van der Waals surface area contributed by atoms with Gasteiger partial charge in [-0.2, -0.15) is 5.10 Å². The molecule has 1 aliphatic carbocycles. The smallest absolute Gasteiger partial charge is 0.274 e. The molecule has 2 N–H and O–H groups in total. The molecule has 20 heavy (non-hydrogen) atoms. The summed E-state index contributed by atoms with van der Waals surface area (Å²) < 4.78 is 0. The van der Waals surface area contributed by atoms with Crippen LogP contribution in [0.25, 0.3) is 0 Å². The van der Waals surface area contributed by atoms with Crippen molar-refractivity contribution in [1.29, 1.82) is 0 Å². The first-order chi connectivity index (χ1) is 9.47. The molecule has 2 rings (SSSR count). The zero-order chi connectivity index (χ0) is 14.7. The number of amides is 1. The Morgan fingerprint density at radius 1 is 1.55 bits per heavy atom. The molecule has 0 radical (unpaired) electrons. The highest BCUT2D eigenvalue weighted by atomic mass is 16.3. The number of aliphatic hydroxyl groups excluding tert-OH is 1. The molecule has 5 heteroatoms. The molecule has 0 aromatic carbocycles. The molecule has 1 aromatic rings. The molecule has 0 bridgehead atoms. The number of aromatic nitrogens is 2. The van der Waals surface area contributed by atoms with E-state index in [4.69, 9.17) is 0 Å². The zero-order valence-electron chi connectivity index (χ0n) is 12.6. The first kappa shape index (κ1) is 15.0. The molecule has 1 aromatic heterocycles. The normalized spacial score (nSPS) is 22.4. The molecule has 1 fully saturated rings. The largest absolute Gasteiger partial charge is 0.393 e. The van der Waals surface area contributed by atoms with Crippen LogP contribution in [0, 0.1) is 11.8 Å². The topological polar surface area (TPSA) is 69.2 Å². The van der Waals surface area contributed by atoms with Crippen molar-refractivity contribution < 1.29 is 9.90 Å². The molecule has 112 valence electrons. The van der Waals surface area contributed by atoms with E-state index in [1.807, 2.05) is 6.07 Å². The maximum atomic E-state index is 12.3. The number of H-pyrrole nitrogens is 1. The van der Waals surface area contributed by atoms with Crippen molar-refractivity contribution in [3.05, 3.63) is 17.5 Å². The number of aliphatic hydroxyl groups is 1. The Kier molecular flexibility index (Phi) is 4.81. The number of aromatic amines is 1. The van der Waals surface area contributed by atoms with Gasteiger partial charge in [-0.3, -0.25) is 9.89 Å². The summed E-state index contributed by atoms with van der Waals surface area (Å²) in [6.07, 6.45) is 3.53. The van der Waals surface area contributed by atoms with E-state index in [1.54, 1.807) is 11.9 Å². The van der Waals surface area contributed by atoms with Crippen LogP contribution in [-0.4, -0.2) is 45.8 Å². The van der Waals surface area contributed by atoms with Crippen molar-refractivity contribution >= 4 is 5.91 Å². The minimum atomic E-state index is -0.263. The standard InChI is InChI=1S/C15H25N3O2/c1-10(2)7-12-8-13(17-16-12)15(20)18(3)9-11-5-4-6-14(11)19/h8,10-11,14,19H,4-7,9H2,1-3H3,(H,16,17). The second kappa shape index (κ2) is 6.39. The zero-order valence-corrected chi connectivity index (χ0v) is 12.6. The molecule has 5 nitrogen and oxygen atoms in total. The minimum absolute atomic E-state index is 0.0737. The lowest BCUT2D eigenvalue weighted by Crippen LogP contribution is -2.34. The number of rotatable bonds is 5. The van der Waals surface area contributed by atoms with Gasteiger partial charge in [0.1, 0.15) is 5.69 Å². The van der Waals surface area contributed by atoms with Crippen LogP contribution in [0.15, 0.2) is 6.07 Å². The molecule has 1 amide bonds. The first-order valence-electron chi connectivity index (χ1n) is 7.45. The lowest BCUT2D eigenvalue weighted by Gasteiger charge is -2.22. The highest BCUT2D eigenvalue weighted by Crippen LogP contribution is 2.26. The third kappa shape index (κ3) is 3.60. The SMILES string of the molecule is CC(C)Cc1cc(C(=O)N(C)CC2CCCC2O)n[nH]1. The summed E-state index contributed by atoms with van der Waals surface area (Å²) >= 11 is 0. The van der Waals surface area contributed by atoms with Gasteiger partial charge in [0, 0.05) is 25.2 Å². The second-order valence-electron chi connectivity index (χ2n) is 6.32. The van der Waals surface area contributed by atoms with Crippen molar-refractivity contribution in [1.82, 2.24) is 15.1 Å². The number of hydrogen-bond donors (Lipinski definition) is 2. The first-order valence-corrected chi connectivity index (χ1v) is 7.45. The summed E-state index contributed by atoms with van der Waals surface area (Å²) in [5, 5.41) is 16.9. The van der Waals surface area contributed by atoms with Crippen LogP contribution in [0.5, 0.6) is 0 Å². The Bertz CT molecular complexity index is 456. The fourth-order valence-corrected chi connectivity index (χ4v) is 2.88. The van der Waals surface area contributed by atoms with E-state index in [1.165, 1.54) is 0 Å². The van der Waals surface area contributed by atoms with Crippen molar-refractivity contribution in [2.45, 2.75) is 45.6 Å². The maximum Gasteiger partial charge on any atom is 0.274 e. The fourth-order valence-electron chi connectivity index (χ4n) is 2.88. The highest BCUT2D eigenvalue weighted by molar-refractivity contribution is 5.92. The summed E-state index contributed by atoms with van der Waals surface area (Å²) in [6.45, 7) is 4.87. The number of carbonyl (C=O) groups excluding carboxylic acids is 1. The van der Waals surface area contributed by atoms with Gasteiger partial charge in [0.25, 0.3) is 5.91 Å². The van der Waals surface area contributed by atoms with E-state index in [2.05, 4.69) is 24.0 Å². The molecule has 0 spiro atoms. The number of carbonyl (C=O) groups is 1. The average Bonchev–Trinajstić information content (AvgIpc) is 2.98. The van der Waals surface area contributed by atoms with Gasteiger partial charge in [0.15, 0.2) is 0 Å². The molecule has 0 saturated heterocycles. The van der Waals surface area contributed by atoms with E-state index >= 15 is 0 Å². The summed E-state index contributed by atoms with van der Waals surface area (Å²) in [5.41, 5.74) is 1.47. The van der Waals surface area contributed by atoms with Crippen molar-refractivity contribution in [2.24, 2.45) is 11.8 Å². The Morgan fingerprint density at radius 2 is 2.30 bits per heavy atom. The van der Waals surface area contributed by atoms with Gasteiger partial charge in [-0.05, 0) is 31.2 Å². The third-order valence-corrected chi connectivity index (χ3v) is 3.95. The van der Waals surface area contributed by atoms with Gasteiger partial charge in [-0.25, -0.2) is 0 Å². The highest BCUT2D eigenvalue weighted by Gasteiger charge is 2.28. The van der Waals surface area contributed by atoms with Gasteiger partial charge in [0.05, 0.1) is 6.10 Å². The second-order valence-corrected chi connectivity index (χ2v) is 6.32. The van der Waals surface area contributed by atoms with E-state index < -0.39 is 0 Å². The summed E-state index contributed by atoms with van der Waals surface area (Å²) in [7, 11) is 1.78. The lowest BCUT2D eigenvalue weighted by atomic mass is 10.1. The number of hydrogen-bond acceptors (Lipinski definition) is 3. The van der Waals surface area contributed by atoms with Gasteiger partial charge in [-0.1, -0.05) is 20.3 Å². The molecule has 2 unspecified atom stereocenters. The number of nitrogens with zero attached hydrogens (tertiary/aromatic N) is 2. The van der Waals surface area contributed by atoms with Crippen LogP contribution in [0.1, 0.15) is 49.3 Å². The molecule has 1 saturated carbocycles. The molecular weight excluding hydrogens is 254 g/mol. The molecule has 1 heterocycles. The van der Waals surface area contributed by atoms with Crippen LogP contribution in [0.3, 0.4) is 0 Å². The van der Waals surface area contributed by atoms with Crippen LogP contribution in [-0.2, 0) is 6.42 Å². The quantitative estimate of drug-likeness (QED) is 0.864. The fraction of sp³-hybridized carbons (Fsp3) is 0.733. The monoisotopic (exact) mass is 279 g/mol. The van der Waals surface area contributed by atoms with E-state index in [9.17, 15) is 9.90 Å². The van der Waals surface area contributed by atoms with Crippen LogP contribution in [0.4, 0.5) is 0 Å². The lowest BCUT2D eigenvalue weighted by molar-refractivity contribution is 0.0688. The minimum Gasteiger partial charge on any atom is -0.393 e. The van der Waals surface area contributed by atoms with Crippen molar-refractivity contribution in [3.63, 3.8) is 0 Å². The summed E-state index contributed by atoms with van der Waals surface area (Å²) in [6, 6.07) is 1.84. The maximum absolute atomic E-state index is 12.3. The van der Waals surface area contributed by atoms with Crippen LogP contribution in [0.2, 0.25) is 0 Å². The van der Waals surface area contributed by atoms with Crippen molar-refractivity contribution in [2.75, 3.05) is 13.6 Å². The Labute approximate surface area is 120 Å². The predicted molar refractivity (Wildman–Crippen MR) is 77.4 cm³/mol. The average molecular weight is 279 g/mol. The molecular formula is C15H25N3O2. The molecule has 1 aliphatic rings. The molecule has 0 aliphatic heterocycles. The van der Waals surface area contributed by atoms with Gasteiger partial charge in [0.2, 0.25) is 0 Å². The van der Waals surface area contributed by atoms with Gasteiger partial charge < -0.3 is 10.0 Å². The predicted octanol–water partition coefficient (Wildman–Crippen LogP) is 1.84. The van der Waals surface area contributed by atoms with E-state index in [0.717, 1.165) is 31.4 Å². The van der Waals surface area contributed by atoms with E-state index in [0.29, 0.717) is 18.2 Å². The van der Waals surface area contributed by atoms with Crippen LogP contribution < -0.4 is 0 Å². The third-order valence-electron chi connectivity index (χ3n) is 3.95. The summed E-state index contributed by atoms with van der Waals surface area (Å²) in [5.74, 6) is 0.665. The Morgan fingerprint density at radius 3 is 2.90 bits per heavy atom. The molecule has 2 atom stereocenters.